The minimum absolute atomic E-state index is 0.0826. The summed E-state index contributed by atoms with van der Waals surface area (Å²) in [5.41, 5.74) is 9.06. The van der Waals surface area contributed by atoms with Crippen molar-refractivity contribution in [2.75, 3.05) is 18.8 Å². The van der Waals surface area contributed by atoms with Crippen molar-refractivity contribution in [1.29, 1.82) is 0 Å². The highest BCUT2D eigenvalue weighted by molar-refractivity contribution is 5.98. The number of nitrogens with zero attached hydrogens (tertiary/aromatic N) is 5. The molecule has 2 N–H and O–H groups in total. The fourth-order valence-corrected chi connectivity index (χ4v) is 5.28. The van der Waals surface area contributed by atoms with E-state index in [9.17, 15) is 4.79 Å². The van der Waals surface area contributed by atoms with Gasteiger partial charge in [0.15, 0.2) is 5.65 Å². The van der Waals surface area contributed by atoms with E-state index in [4.69, 9.17) is 25.0 Å². The van der Waals surface area contributed by atoms with Crippen LogP contribution in [-0.4, -0.2) is 49.4 Å². The van der Waals surface area contributed by atoms with Crippen LogP contribution >= 0.6 is 0 Å². The predicted molar refractivity (Wildman–Crippen MR) is 169 cm³/mol. The molecule has 3 aromatic carbocycles. The first-order chi connectivity index (χ1) is 21.2. The molecule has 0 bridgehead atoms. The van der Waals surface area contributed by atoms with Crippen LogP contribution in [0, 0.1) is 0 Å². The van der Waals surface area contributed by atoms with Crippen molar-refractivity contribution in [3.63, 3.8) is 0 Å². The van der Waals surface area contributed by atoms with Gasteiger partial charge in [0.05, 0.1) is 11.4 Å². The molecule has 3 heterocycles. The van der Waals surface area contributed by atoms with E-state index in [2.05, 4.69) is 9.97 Å². The number of benzene rings is 3. The van der Waals surface area contributed by atoms with Crippen molar-refractivity contribution in [3.05, 3.63) is 90.8 Å². The van der Waals surface area contributed by atoms with Gasteiger partial charge in [-0.2, -0.15) is 5.10 Å². The third-order valence-electron chi connectivity index (χ3n) is 7.33. The lowest BCUT2D eigenvalue weighted by Gasteiger charge is -2.34. The molecule has 2 aromatic heterocycles. The van der Waals surface area contributed by atoms with Gasteiger partial charge in [-0.3, -0.25) is 0 Å². The molecule has 5 aromatic rings. The van der Waals surface area contributed by atoms with Crippen molar-refractivity contribution in [3.8, 4) is 28.5 Å². The molecule has 1 atom stereocenters. The molecule has 0 aliphatic carbocycles. The smallest absolute Gasteiger partial charge is 0.410 e. The van der Waals surface area contributed by atoms with Gasteiger partial charge in [0, 0.05) is 24.7 Å². The first-order valence-electron chi connectivity index (χ1n) is 14.8. The number of ether oxygens (including phenoxy) is 3. The zero-order chi connectivity index (χ0) is 30.7. The number of amides is 1. The maximum absolute atomic E-state index is 12.8. The van der Waals surface area contributed by atoms with Crippen molar-refractivity contribution in [2.24, 2.45) is 0 Å². The van der Waals surface area contributed by atoms with E-state index in [0.717, 1.165) is 29.7 Å². The summed E-state index contributed by atoms with van der Waals surface area (Å²) in [5, 5.41) is 5.66. The predicted octanol–water partition coefficient (Wildman–Crippen LogP) is 7.02. The highest BCUT2D eigenvalue weighted by Gasteiger charge is 2.31. The number of piperidine rings is 1. The SMILES string of the molecule is CC(C)(C)OC(=O)N1CCCC(n2nc(-c3ccc(Oc4cccc(OCc5ccccc5)c4)cc3)c3c(N)ncnc32)C1. The van der Waals surface area contributed by atoms with E-state index in [1.54, 1.807) is 4.90 Å². The number of hydrogen-bond acceptors (Lipinski definition) is 8. The number of carbonyl (C=O) groups excluding carboxylic acids is 1. The van der Waals surface area contributed by atoms with Crippen molar-refractivity contribution < 1.29 is 19.0 Å². The van der Waals surface area contributed by atoms with Crippen LogP contribution in [0.1, 0.15) is 45.2 Å². The van der Waals surface area contributed by atoms with E-state index in [1.165, 1.54) is 6.33 Å². The van der Waals surface area contributed by atoms with Gasteiger partial charge >= 0.3 is 6.09 Å². The van der Waals surface area contributed by atoms with Gasteiger partial charge in [-0.15, -0.1) is 0 Å². The van der Waals surface area contributed by atoms with Gasteiger partial charge in [0.1, 0.15) is 47.3 Å². The van der Waals surface area contributed by atoms with Crippen molar-refractivity contribution >= 4 is 22.9 Å². The minimum Gasteiger partial charge on any atom is -0.489 e. The van der Waals surface area contributed by atoms with E-state index < -0.39 is 5.60 Å². The summed E-state index contributed by atoms with van der Waals surface area (Å²) in [5.74, 6) is 2.41. The van der Waals surface area contributed by atoms with Crippen molar-refractivity contribution in [2.45, 2.75) is 51.9 Å². The van der Waals surface area contributed by atoms with E-state index >= 15 is 0 Å². The minimum atomic E-state index is -0.563. The van der Waals surface area contributed by atoms with Gasteiger partial charge in [-0.05, 0) is 75.6 Å². The number of carbonyl (C=O) groups is 1. The molecule has 1 amide bonds. The molecular weight excluding hydrogens is 556 g/mol. The zero-order valence-corrected chi connectivity index (χ0v) is 25.1. The Labute approximate surface area is 256 Å². The van der Waals surface area contributed by atoms with Crippen LogP contribution < -0.4 is 15.2 Å². The molecule has 1 unspecified atom stereocenters. The lowest BCUT2D eigenvalue weighted by Crippen LogP contribution is -2.43. The fraction of sp³-hybridized carbons (Fsp3) is 0.294. The molecule has 1 saturated heterocycles. The number of nitrogens with two attached hydrogens (primary N) is 1. The average Bonchev–Trinajstić information content (AvgIpc) is 3.41. The first-order valence-corrected chi connectivity index (χ1v) is 14.8. The zero-order valence-electron chi connectivity index (χ0n) is 25.1. The lowest BCUT2D eigenvalue weighted by molar-refractivity contribution is 0.0169. The molecule has 0 saturated carbocycles. The molecule has 10 heteroatoms. The molecule has 10 nitrogen and oxygen atoms in total. The number of rotatable bonds is 7. The summed E-state index contributed by atoms with van der Waals surface area (Å²) in [6, 6.07) is 25.2. The Morgan fingerprint density at radius 2 is 1.73 bits per heavy atom. The molecule has 226 valence electrons. The van der Waals surface area contributed by atoms with Crippen LogP contribution in [-0.2, 0) is 11.3 Å². The summed E-state index contributed by atoms with van der Waals surface area (Å²) in [7, 11) is 0. The lowest BCUT2D eigenvalue weighted by atomic mass is 10.1. The van der Waals surface area contributed by atoms with E-state index in [-0.39, 0.29) is 12.1 Å². The van der Waals surface area contributed by atoms with Crippen LogP contribution in [0.2, 0.25) is 0 Å². The van der Waals surface area contributed by atoms with Gasteiger partial charge in [-0.25, -0.2) is 19.4 Å². The Kier molecular flexibility index (Phi) is 8.06. The number of hydrogen-bond donors (Lipinski definition) is 1. The van der Waals surface area contributed by atoms with Gasteiger partial charge in [0.2, 0.25) is 0 Å². The summed E-state index contributed by atoms with van der Waals surface area (Å²) in [6.07, 6.45) is 2.80. The Bertz CT molecular complexity index is 1750. The number of aromatic nitrogens is 4. The van der Waals surface area contributed by atoms with Gasteiger partial charge in [-0.1, -0.05) is 36.4 Å². The van der Waals surface area contributed by atoms with Crippen molar-refractivity contribution in [1.82, 2.24) is 24.6 Å². The van der Waals surface area contributed by atoms with Crippen LogP contribution in [0.4, 0.5) is 10.6 Å². The molecular formula is C34H36N6O4. The number of nitrogen functional groups attached to an aromatic ring is 1. The first kappa shape index (κ1) is 29.0. The summed E-state index contributed by atoms with van der Waals surface area (Å²) in [6.45, 7) is 7.19. The van der Waals surface area contributed by atoms with Crippen LogP contribution in [0.25, 0.3) is 22.3 Å². The quantitative estimate of drug-likeness (QED) is 0.214. The van der Waals surface area contributed by atoms with Crippen LogP contribution in [0.15, 0.2) is 85.2 Å². The molecule has 44 heavy (non-hydrogen) atoms. The highest BCUT2D eigenvalue weighted by Crippen LogP contribution is 2.35. The summed E-state index contributed by atoms with van der Waals surface area (Å²) < 4.78 is 19.6. The van der Waals surface area contributed by atoms with Crippen LogP contribution in [0.5, 0.6) is 17.2 Å². The topological polar surface area (TPSA) is 118 Å². The fourth-order valence-electron chi connectivity index (χ4n) is 5.28. The molecule has 0 spiro atoms. The Balaban J connectivity index is 1.21. The van der Waals surface area contributed by atoms with Gasteiger partial charge in [0.25, 0.3) is 0 Å². The summed E-state index contributed by atoms with van der Waals surface area (Å²) in [4.78, 5) is 23.3. The highest BCUT2D eigenvalue weighted by atomic mass is 16.6. The second kappa shape index (κ2) is 12.2. The summed E-state index contributed by atoms with van der Waals surface area (Å²) >= 11 is 0. The second-order valence-electron chi connectivity index (χ2n) is 11.8. The normalized spacial score (nSPS) is 15.2. The third-order valence-corrected chi connectivity index (χ3v) is 7.33. The largest absolute Gasteiger partial charge is 0.489 e. The second-order valence-corrected chi connectivity index (χ2v) is 11.8. The molecule has 6 rings (SSSR count). The van der Waals surface area contributed by atoms with E-state index in [0.29, 0.717) is 53.7 Å². The number of likely N-dealkylation sites (tertiary alicyclic amines) is 1. The number of anilines is 1. The standard InChI is InChI=1S/C34H36N6O4/c1-34(2,3)44-33(41)39-18-8-11-25(20-39)40-32-29(31(35)36-22-37-32)30(38-40)24-14-16-26(17-15-24)43-28-13-7-12-27(19-28)42-21-23-9-5-4-6-10-23/h4-7,9-10,12-17,19,22,25H,8,11,18,20-21H2,1-3H3,(H2,35,36,37). The average molecular weight is 593 g/mol. The maximum Gasteiger partial charge on any atom is 0.410 e. The third kappa shape index (κ3) is 6.59. The van der Waals surface area contributed by atoms with Crippen LogP contribution in [0.3, 0.4) is 0 Å². The maximum atomic E-state index is 12.8. The Morgan fingerprint density at radius 1 is 0.955 bits per heavy atom. The number of fused-ring (bicyclic) bond motifs is 1. The molecule has 0 radical (unpaired) electrons. The van der Waals surface area contributed by atoms with E-state index in [1.807, 2.05) is 104 Å². The van der Waals surface area contributed by atoms with Gasteiger partial charge < -0.3 is 24.8 Å². The Hall–Kier alpha value is -5.12. The molecule has 1 aliphatic rings. The molecule has 1 fully saturated rings. The molecule has 1 aliphatic heterocycles. The monoisotopic (exact) mass is 592 g/mol. The Morgan fingerprint density at radius 3 is 2.50 bits per heavy atom.